The summed E-state index contributed by atoms with van der Waals surface area (Å²) in [5.74, 6) is -2.14. The van der Waals surface area contributed by atoms with Crippen molar-refractivity contribution >= 4 is 38.1 Å². The van der Waals surface area contributed by atoms with Crippen LogP contribution in [0.5, 0.6) is 0 Å². The fourth-order valence-corrected chi connectivity index (χ4v) is 3.00. The van der Waals surface area contributed by atoms with Crippen LogP contribution in [0, 0.1) is 0 Å². The van der Waals surface area contributed by atoms with E-state index in [1.54, 1.807) is 10.7 Å². The number of alkyl halides is 3. The Labute approximate surface area is 127 Å². The van der Waals surface area contributed by atoms with Gasteiger partial charge < -0.3 is 15.0 Å². The third-order valence-electron chi connectivity index (χ3n) is 2.29. The number of nitrogens with one attached hydrogen (secondary N) is 1. The number of rotatable bonds is 4. The maximum atomic E-state index is 12.1. The van der Waals surface area contributed by atoms with Crippen LogP contribution in [0.25, 0.3) is 4.72 Å². The first-order valence-electron chi connectivity index (χ1n) is 5.54. The summed E-state index contributed by atoms with van der Waals surface area (Å²) in [6.07, 6.45) is -3.64. The van der Waals surface area contributed by atoms with Gasteiger partial charge in [0.2, 0.25) is 10.0 Å². The summed E-state index contributed by atoms with van der Waals surface area (Å²) in [5, 5.41) is 3.19. The molecule has 0 aliphatic rings. The molecule has 0 unspecified atom stereocenters. The SMILES string of the molecule is O=C(Nc1ccc(S(=O)(=O)[N-]c2nccs2)cc1)C(F)(F)F. The van der Waals surface area contributed by atoms with Gasteiger partial charge in [0, 0.05) is 10.8 Å². The molecule has 22 heavy (non-hydrogen) atoms. The molecule has 1 N–H and O–H groups in total. The van der Waals surface area contributed by atoms with Gasteiger partial charge in [-0.1, -0.05) is 6.20 Å². The molecular weight excluding hydrogens is 343 g/mol. The van der Waals surface area contributed by atoms with Crippen LogP contribution in [0.2, 0.25) is 0 Å². The molecule has 0 bridgehead atoms. The zero-order valence-corrected chi connectivity index (χ0v) is 12.2. The number of anilines is 1. The van der Waals surface area contributed by atoms with Crippen molar-refractivity contribution in [1.29, 1.82) is 0 Å². The summed E-state index contributed by atoms with van der Waals surface area (Å²) in [6.45, 7) is 0. The van der Waals surface area contributed by atoms with Crippen molar-refractivity contribution in [1.82, 2.24) is 4.98 Å². The summed E-state index contributed by atoms with van der Waals surface area (Å²) in [6, 6.07) is 4.15. The van der Waals surface area contributed by atoms with Gasteiger partial charge in [-0.05, 0) is 29.6 Å². The fourth-order valence-electron chi connectivity index (χ4n) is 1.33. The van der Waals surface area contributed by atoms with Crippen LogP contribution >= 0.6 is 11.3 Å². The molecule has 0 saturated carbocycles. The first-order chi connectivity index (χ1) is 10.2. The second-order valence-electron chi connectivity index (χ2n) is 3.86. The number of halogens is 3. The fraction of sp³-hybridized carbons (Fsp3) is 0.0909. The standard InChI is InChI=1S/C11H8F3N3O3S2/c12-11(13,14)9(18)16-7-1-3-8(4-2-7)22(19,20)17-10-15-5-6-21-10/h1-6H,(H2,15,16,17,18)/p-1. The molecule has 0 spiro atoms. The number of carbonyl (C=O) groups excluding carboxylic acids is 1. The third kappa shape index (κ3) is 3.95. The Morgan fingerprint density at radius 3 is 2.36 bits per heavy atom. The Bertz CT molecular complexity index is 756. The number of amides is 1. The van der Waals surface area contributed by atoms with Crippen molar-refractivity contribution in [3.63, 3.8) is 0 Å². The van der Waals surface area contributed by atoms with E-state index in [4.69, 9.17) is 0 Å². The molecule has 2 rings (SSSR count). The van der Waals surface area contributed by atoms with Crippen LogP contribution in [-0.4, -0.2) is 25.5 Å². The van der Waals surface area contributed by atoms with Crippen LogP contribution in [0.15, 0.2) is 40.7 Å². The van der Waals surface area contributed by atoms with Crippen molar-refractivity contribution in [3.05, 3.63) is 40.6 Å². The molecule has 0 aliphatic carbocycles. The van der Waals surface area contributed by atoms with E-state index in [1.807, 2.05) is 0 Å². The average molecular weight is 350 g/mol. The van der Waals surface area contributed by atoms with E-state index in [-0.39, 0.29) is 15.7 Å². The van der Waals surface area contributed by atoms with E-state index in [1.165, 1.54) is 6.20 Å². The zero-order chi connectivity index (χ0) is 16.4. The largest absolute Gasteiger partial charge is 0.471 e. The third-order valence-corrected chi connectivity index (χ3v) is 4.35. The molecule has 11 heteroatoms. The molecule has 0 atom stereocenters. The van der Waals surface area contributed by atoms with E-state index in [2.05, 4.69) is 9.71 Å². The molecule has 0 saturated heterocycles. The predicted molar refractivity (Wildman–Crippen MR) is 73.4 cm³/mol. The number of sulfonamides is 1. The molecule has 6 nitrogen and oxygen atoms in total. The number of hydrogen-bond donors (Lipinski definition) is 1. The summed E-state index contributed by atoms with van der Waals surface area (Å²) in [7, 11) is -4.02. The lowest BCUT2D eigenvalue weighted by molar-refractivity contribution is -0.167. The molecule has 0 radical (unpaired) electrons. The van der Waals surface area contributed by atoms with Gasteiger partial charge in [0.1, 0.15) is 0 Å². The van der Waals surface area contributed by atoms with Gasteiger partial charge in [0.25, 0.3) is 0 Å². The minimum Gasteiger partial charge on any atom is -0.433 e. The first kappa shape index (κ1) is 16.2. The lowest BCUT2D eigenvalue weighted by Gasteiger charge is -2.12. The predicted octanol–water partition coefficient (Wildman–Crippen LogP) is 3.04. The first-order valence-corrected chi connectivity index (χ1v) is 7.86. The molecule has 0 fully saturated rings. The number of thiazole rings is 1. The van der Waals surface area contributed by atoms with E-state index in [0.29, 0.717) is 0 Å². The Balaban J connectivity index is 2.13. The Morgan fingerprint density at radius 2 is 1.86 bits per heavy atom. The molecule has 2 aromatic rings. The Hall–Kier alpha value is -2.14. The van der Waals surface area contributed by atoms with Gasteiger partial charge in [-0.2, -0.15) is 24.5 Å². The lowest BCUT2D eigenvalue weighted by atomic mass is 10.3. The van der Waals surface area contributed by atoms with Gasteiger partial charge in [-0.3, -0.25) is 4.79 Å². The van der Waals surface area contributed by atoms with Gasteiger partial charge in [-0.15, -0.1) is 0 Å². The maximum absolute atomic E-state index is 12.1. The van der Waals surface area contributed by atoms with E-state index >= 15 is 0 Å². The van der Waals surface area contributed by atoms with E-state index in [0.717, 1.165) is 35.6 Å². The van der Waals surface area contributed by atoms with Crippen molar-refractivity contribution in [2.75, 3.05) is 5.32 Å². The minimum atomic E-state index is -5.02. The van der Waals surface area contributed by atoms with Crippen molar-refractivity contribution in [2.45, 2.75) is 11.1 Å². The molecule has 1 heterocycles. The highest BCUT2D eigenvalue weighted by Gasteiger charge is 2.38. The maximum Gasteiger partial charge on any atom is 0.471 e. The van der Waals surface area contributed by atoms with Crippen molar-refractivity contribution in [2.24, 2.45) is 0 Å². The molecule has 0 aliphatic heterocycles. The number of hydrogen-bond acceptors (Lipinski definition) is 5. The molecule has 1 aromatic heterocycles. The molecule has 1 aromatic carbocycles. The quantitative estimate of drug-likeness (QED) is 0.918. The summed E-state index contributed by atoms with van der Waals surface area (Å²) in [5.41, 5.74) is -0.185. The highest BCUT2D eigenvalue weighted by Crippen LogP contribution is 2.29. The minimum absolute atomic E-state index is 0.0365. The highest BCUT2D eigenvalue weighted by molar-refractivity contribution is 7.94. The second-order valence-corrected chi connectivity index (χ2v) is 6.33. The van der Waals surface area contributed by atoms with Gasteiger partial charge in [0.05, 0.1) is 4.90 Å². The average Bonchev–Trinajstić information content (AvgIpc) is 2.90. The second kappa shape index (κ2) is 5.93. The van der Waals surface area contributed by atoms with Crippen LogP contribution in [0.3, 0.4) is 0 Å². The molecule has 118 valence electrons. The summed E-state index contributed by atoms with van der Waals surface area (Å²) >= 11 is 1.02. The topological polar surface area (TPSA) is 90.2 Å². The summed E-state index contributed by atoms with van der Waals surface area (Å²) in [4.78, 5) is 14.2. The molecular formula is C11H7F3N3O3S2-. The van der Waals surface area contributed by atoms with Crippen molar-refractivity contribution < 1.29 is 26.4 Å². The monoisotopic (exact) mass is 350 g/mol. The van der Waals surface area contributed by atoms with Crippen LogP contribution < -0.4 is 5.32 Å². The number of aromatic nitrogens is 1. The number of benzene rings is 1. The number of carbonyl (C=O) groups is 1. The van der Waals surface area contributed by atoms with Crippen molar-refractivity contribution in [3.8, 4) is 0 Å². The zero-order valence-electron chi connectivity index (χ0n) is 10.5. The Kier molecular flexibility index (Phi) is 4.37. The van der Waals surface area contributed by atoms with Gasteiger partial charge >= 0.3 is 12.1 Å². The van der Waals surface area contributed by atoms with E-state index < -0.39 is 22.1 Å². The lowest BCUT2D eigenvalue weighted by Crippen LogP contribution is -2.29. The molecule has 1 amide bonds. The van der Waals surface area contributed by atoms with Crippen LogP contribution in [0.4, 0.5) is 24.0 Å². The summed E-state index contributed by atoms with van der Waals surface area (Å²) < 4.78 is 63.6. The smallest absolute Gasteiger partial charge is 0.433 e. The number of nitrogens with zero attached hydrogens (tertiary/aromatic N) is 2. The van der Waals surface area contributed by atoms with Crippen LogP contribution in [0.1, 0.15) is 0 Å². The van der Waals surface area contributed by atoms with Crippen LogP contribution in [-0.2, 0) is 14.8 Å². The van der Waals surface area contributed by atoms with Gasteiger partial charge in [-0.25, -0.2) is 8.42 Å². The highest BCUT2D eigenvalue weighted by atomic mass is 32.2. The van der Waals surface area contributed by atoms with Gasteiger partial charge in [0.15, 0.2) is 0 Å². The normalized spacial score (nSPS) is 12.0. The van der Waals surface area contributed by atoms with E-state index in [9.17, 15) is 26.4 Å². The Morgan fingerprint density at radius 1 is 1.23 bits per heavy atom.